The van der Waals surface area contributed by atoms with E-state index in [1.165, 1.54) is 0 Å². The predicted molar refractivity (Wildman–Crippen MR) is 80.4 cm³/mol. The molecule has 0 spiro atoms. The topological polar surface area (TPSA) is 49.4 Å². The van der Waals surface area contributed by atoms with Crippen LogP contribution in [0.5, 0.6) is 0 Å². The van der Waals surface area contributed by atoms with Crippen molar-refractivity contribution in [2.24, 2.45) is 0 Å². The van der Waals surface area contributed by atoms with Gasteiger partial charge in [-0.2, -0.15) is 0 Å². The molecule has 0 aromatic heterocycles. The minimum absolute atomic E-state index is 0.0525. The summed E-state index contributed by atoms with van der Waals surface area (Å²) in [5.41, 5.74) is 0.627. The molecular formula is C14H24N2O2S. The van der Waals surface area contributed by atoms with E-state index in [-0.39, 0.29) is 11.3 Å². The summed E-state index contributed by atoms with van der Waals surface area (Å²) < 4.78 is 24.1. The van der Waals surface area contributed by atoms with Crippen molar-refractivity contribution in [3.05, 3.63) is 24.3 Å². The number of hydrogen-bond donors (Lipinski definition) is 1. The molecule has 0 unspecified atom stereocenters. The number of benzene rings is 1. The molecule has 1 aromatic carbocycles. The Morgan fingerprint density at radius 3 is 2.32 bits per heavy atom. The maximum Gasteiger partial charge on any atom is 0.180 e. The third-order valence-electron chi connectivity index (χ3n) is 3.52. The smallest absolute Gasteiger partial charge is 0.180 e. The lowest BCUT2D eigenvalue weighted by Gasteiger charge is -2.33. The van der Waals surface area contributed by atoms with Crippen LogP contribution >= 0.6 is 0 Å². The molecule has 0 aliphatic heterocycles. The summed E-state index contributed by atoms with van der Waals surface area (Å²) in [4.78, 5) is 2.49. The van der Waals surface area contributed by atoms with Gasteiger partial charge in [0.05, 0.1) is 16.3 Å². The number of nitrogens with zero attached hydrogens (tertiary/aromatic N) is 1. The Labute approximate surface area is 116 Å². The average molecular weight is 284 g/mol. The number of anilines is 1. The van der Waals surface area contributed by atoms with Gasteiger partial charge in [0, 0.05) is 12.1 Å². The molecular weight excluding hydrogens is 260 g/mol. The minimum Gasteiger partial charge on any atom is -0.382 e. The molecule has 1 N–H and O–H groups in total. The number of likely N-dealkylation sites (N-methyl/N-ethyl adjacent to an activating group) is 1. The van der Waals surface area contributed by atoms with Crippen molar-refractivity contribution < 1.29 is 8.42 Å². The monoisotopic (exact) mass is 284 g/mol. The van der Waals surface area contributed by atoms with Gasteiger partial charge in [-0.05, 0) is 40.1 Å². The van der Waals surface area contributed by atoms with Gasteiger partial charge < -0.3 is 10.2 Å². The van der Waals surface area contributed by atoms with Gasteiger partial charge in [-0.15, -0.1) is 0 Å². The fourth-order valence-corrected chi connectivity index (χ4v) is 2.58. The number of para-hydroxylation sites is 1. The first-order valence-corrected chi connectivity index (χ1v) is 8.09. The van der Waals surface area contributed by atoms with Crippen molar-refractivity contribution in [2.45, 2.75) is 31.2 Å². The molecule has 4 nitrogen and oxygen atoms in total. The molecule has 0 fully saturated rings. The number of hydrogen-bond acceptors (Lipinski definition) is 4. The Balaban J connectivity index is 2.98. The Kier molecular flexibility index (Phi) is 4.98. The van der Waals surface area contributed by atoms with E-state index in [2.05, 4.69) is 24.1 Å². The van der Waals surface area contributed by atoms with Gasteiger partial charge in [0.1, 0.15) is 0 Å². The second kappa shape index (κ2) is 5.92. The highest BCUT2D eigenvalue weighted by molar-refractivity contribution is 7.91. The third kappa shape index (κ3) is 3.94. The number of sulfone groups is 1. The summed E-state index contributed by atoms with van der Waals surface area (Å²) in [6.45, 7) is 6.56. The van der Waals surface area contributed by atoms with Gasteiger partial charge in [-0.3, -0.25) is 0 Å². The SMILES string of the molecule is CCS(=O)(=O)c1ccccc1NCC(C)(C)N(C)C. The highest BCUT2D eigenvalue weighted by Crippen LogP contribution is 2.23. The number of nitrogens with one attached hydrogen (secondary N) is 1. The number of rotatable bonds is 6. The summed E-state index contributed by atoms with van der Waals surface area (Å²) in [5.74, 6) is 0.114. The van der Waals surface area contributed by atoms with Gasteiger partial charge in [0.25, 0.3) is 0 Å². The van der Waals surface area contributed by atoms with Crippen molar-refractivity contribution >= 4 is 15.5 Å². The van der Waals surface area contributed by atoms with Crippen molar-refractivity contribution in [1.29, 1.82) is 0 Å². The van der Waals surface area contributed by atoms with Crippen molar-refractivity contribution in [1.82, 2.24) is 4.90 Å². The van der Waals surface area contributed by atoms with Gasteiger partial charge in [0.15, 0.2) is 9.84 Å². The Morgan fingerprint density at radius 2 is 1.79 bits per heavy atom. The zero-order valence-electron chi connectivity index (χ0n) is 12.4. The van der Waals surface area contributed by atoms with E-state index in [1.54, 1.807) is 19.1 Å². The van der Waals surface area contributed by atoms with Crippen molar-refractivity contribution in [3.8, 4) is 0 Å². The summed E-state index contributed by atoms with van der Waals surface area (Å²) >= 11 is 0. The van der Waals surface area contributed by atoms with Gasteiger partial charge in [-0.1, -0.05) is 19.1 Å². The second-order valence-electron chi connectivity index (χ2n) is 5.46. The van der Waals surface area contributed by atoms with Gasteiger partial charge in [-0.25, -0.2) is 8.42 Å². The van der Waals surface area contributed by atoms with Crippen LogP contribution in [0.3, 0.4) is 0 Å². The maximum absolute atomic E-state index is 12.0. The fraction of sp³-hybridized carbons (Fsp3) is 0.571. The molecule has 0 aliphatic carbocycles. The lowest BCUT2D eigenvalue weighted by Crippen LogP contribution is -2.44. The van der Waals surface area contributed by atoms with E-state index < -0.39 is 9.84 Å². The van der Waals surface area contributed by atoms with Crippen LogP contribution in [0.15, 0.2) is 29.2 Å². The van der Waals surface area contributed by atoms with E-state index in [4.69, 9.17) is 0 Å². The van der Waals surface area contributed by atoms with Crippen LogP contribution in [0.4, 0.5) is 5.69 Å². The Bertz CT molecular complexity index is 522. The molecule has 0 amide bonds. The van der Waals surface area contributed by atoms with Crippen LogP contribution in [0.25, 0.3) is 0 Å². The standard InChI is InChI=1S/C14H24N2O2S/c1-6-19(17,18)13-10-8-7-9-12(13)15-11-14(2,3)16(4)5/h7-10,15H,6,11H2,1-5H3. The Morgan fingerprint density at radius 1 is 1.21 bits per heavy atom. The third-order valence-corrected chi connectivity index (χ3v) is 5.31. The minimum atomic E-state index is -3.19. The fourth-order valence-electron chi connectivity index (χ4n) is 1.51. The maximum atomic E-state index is 12.0. The van der Waals surface area contributed by atoms with Crippen molar-refractivity contribution in [3.63, 3.8) is 0 Å². The van der Waals surface area contributed by atoms with Crippen LogP contribution in [-0.2, 0) is 9.84 Å². The summed E-state index contributed by atoms with van der Waals surface area (Å²) in [7, 11) is 0.828. The normalized spacial score (nSPS) is 12.7. The molecule has 0 radical (unpaired) electrons. The lowest BCUT2D eigenvalue weighted by molar-refractivity contribution is 0.210. The first kappa shape index (κ1) is 16.0. The Hall–Kier alpha value is -1.07. The van der Waals surface area contributed by atoms with Gasteiger partial charge in [0.2, 0.25) is 0 Å². The molecule has 0 aliphatic rings. The van der Waals surface area contributed by atoms with E-state index in [9.17, 15) is 8.42 Å². The van der Waals surface area contributed by atoms with Gasteiger partial charge >= 0.3 is 0 Å². The largest absolute Gasteiger partial charge is 0.382 e. The molecule has 19 heavy (non-hydrogen) atoms. The molecule has 0 heterocycles. The van der Waals surface area contributed by atoms with Crippen LogP contribution < -0.4 is 5.32 Å². The van der Waals surface area contributed by atoms with Crippen molar-refractivity contribution in [2.75, 3.05) is 31.7 Å². The molecule has 5 heteroatoms. The second-order valence-corrected chi connectivity index (χ2v) is 7.71. The van der Waals surface area contributed by atoms with E-state index in [0.717, 1.165) is 0 Å². The van der Waals surface area contributed by atoms with Crippen LogP contribution in [0, 0.1) is 0 Å². The molecule has 1 aromatic rings. The summed E-state index contributed by atoms with van der Waals surface area (Å²) in [6.07, 6.45) is 0. The average Bonchev–Trinajstić information content (AvgIpc) is 2.36. The lowest BCUT2D eigenvalue weighted by atomic mass is 10.0. The zero-order valence-corrected chi connectivity index (χ0v) is 13.2. The zero-order chi connectivity index (χ0) is 14.7. The molecule has 0 saturated heterocycles. The highest BCUT2D eigenvalue weighted by Gasteiger charge is 2.22. The highest BCUT2D eigenvalue weighted by atomic mass is 32.2. The van der Waals surface area contributed by atoms with Crippen LogP contribution in [-0.4, -0.2) is 45.2 Å². The van der Waals surface area contributed by atoms with E-state index in [1.807, 2.05) is 26.2 Å². The first-order valence-electron chi connectivity index (χ1n) is 6.44. The molecule has 0 atom stereocenters. The van der Waals surface area contributed by atoms with E-state index >= 15 is 0 Å². The summed E-state index contributed by atoms with van der Waals surface area (Å²) in [5, 5.41) is 3.25. The molecule has 1 rings (SSSR count). The predicted octanol–water partition coefficient (Wildman–Crippen LogP) is 2.23. The summed E-state index contributed by atoms with van der Waals surface area (Å²) in [6, 6.07) is 7.07. The van der Waals surface area contributed by atoms with Crippen LogP contribution in [0.2, 0.25) is 0 Å². The molecule has 0 bridgehead atoms. The quantitative estimate of drug-likeness (QED) is 0.870. The molecule has 108 valence electrons. The van der Waals surface area contributed by atoms with E-state index in [0.29, 0.717) is 17.1 Å². The van der Waals surface area contributed by atoms with Crippen LogP contribution in [0.1, 0.15) is 20.8 Å². The molecule has 0 saturated carbocycles. The first-order chi connectivity index (χ1) is 8.70.